The molecule has 0 amide bonds. The number of hydrogen-bond acceptors (Lipinski definition) is 4. The third kappa shape index (κ3) is 6.12. The fourth-order valence-electron chi connectivity index (χ4n) is 0.750. The van der Waals surface area contributed by atoms with E-state index < -0.39 is 7.60 Å². The summed E-state index contributed by atoms with van der Waals surface area (Å²) in [5.41, 5.74) is 0. The predicted molar refractivity (Wildman–Crippen MR) is 75.6 cm³/mol. The summed E-state index contributed by atoms with van der Waals surface area (Å²) in [5, 5.41) is 1.80. The first kappa shape index (κ1) is 15.7. The fraction of sp³-hybridized carbons (Fsp3) is 0.556. The molecule has 0 atom stereocenters. The van der Waals surface area contributed by atoms with Crippen molar-refractivity contribution in [2.45, 2.75) is 13.8 Å². The van der Waals surface area contributed by atoms with Gasteiger partial charge in [-0.2, -0.15) is 0 Å². The monoisotopic (exact) mass is 362 g/mol. The van der Waals surface area contributed by atoms with E-state index in [4.69, 9.17) is 9.05 Å². The second kappa shape index (κ2) is 8.82. The Morgan fingerprint density at radius 2 is 2.00 bits per heavy atom. The van der Waals surface area contributed by atoms with Crippen molar-refractivity contribution in [3.63, 3.8) is 0 Å². The summed E-state index contributed by atoms with van der Waals surface area (Å²) >= 11 is 3.52. The van der Waals surface area contributed by atoms with E-state index in [9.17, 15) is 4.57 Å². The molecule has 0 N–H and O–H groups in total. The Morgan fingerprint density at radius 1 is 1.47 bits per heavy atom. The van der Waals surface area contributed by atoms with Crippen molar-refractivity contribution in [2.24, 2.45) is 0 Å². The van der Waals surface area contributed by atoms with E-state index in [1.165, 1.54) is 11.8 Å². The van der Waals surface area contributed by atoms with Gasteiger partial charge in [-0.25, -0.2) is 0 Å². The molecule has 0 saturated carbocycles. The first-order valence-electron chi connectivity index (χ1n) is 4.58. The highest BCUT2D eigenvalue weighted by molar-refractivity contribution is 14.1. The Morgan fingerprint density at radius 3 is 2.40 bits per heavy atom. The number of halogens is 1. The lowest BCUT2D eigenvalue weighted by atomic mass is 10.8. The van der Waals surface area contributed by atoms with E-state index in [-0.39, 0.29) is 0 Å². The molecule has 0 unspecified atom stereocenters. The van der Waals surface area contributed by atoms with Gasteiger partial charge in [0.1, 0.15) is 3.32 Å². The second-order valence-corrected chi connectivity index (χ2v) is 7.31. The molecular weight excluding hydrogens is 346 g/mol. The molecule has 0 aromatic carbocycles. The molecule has 6 heteroatoms. The van der Waals surface area contributed by atoms with E-state index in [1.54, 1.807) is 25.3 Å². The van der Waals surface area contributed by atoms with E-state index in [0.717, 1.165) is 5.75 Å². The van der Waals surface area contributed by atoms with Crippen LogP contribution < -0.4 is 0 Å². The van der Waals surface area contributed by atoms with Gasteiger partial charge < -0.3 is 9.05 Å². The summed E-state index contributed by atoms with van der Waals surface area (Å²) in [5.74, 6) is 0.782. The first-order valence-corrected chi connectivity index (χ1v) is 8.25. The molecule has 0 spiro atoms. The minimum atomic E-state index is -3.06. The van der Waals surface area contributed by atoms with Gasteiger partial charge in [0.2, 0.25) is 0 Å². The van der Waals surface area contributed by atoms with Crippen molar-refractivity contribution in [2.75, 3.05) is 19.0 Å². The lowest BCUT2D eigenvalue weighted by molar-refractivity contribution is 0.228. The smallest absolute Gasteiger partial charge is 0.305 e. The maximum atomic E-state index is 12.1. The molecule has 0 radical (unpaired) electrons. The van der Waals surface area contributed by atoms with Crippen LogP contribution in [0.4, 0.5) is 0 Å². The van der Waals surface area contributed by atoms with Crippen LogP contribution in [0.5, 0.6) is 0 Å². The van der Waals surface area contributed by atoms with Crippen molar-refractivity contribution >= 4 is 41.9 Å². The molecule has 0 aromatic rings. The van der Waals surface area contributed by atoms with E-state index in [2.05, 4.69) is 6.58 Å². The zero-order valence-electron chi connectivity index (χ0n) is 8.94. The van der Waals surface area contributed by atoms with Gasteiger partial charge in [0.15, 0.2) is 0 Å². The SMILES string of the molecule is C=CCS/C=C(\I)P(=O)(OCC)OCC. The van der Waals surface area contributed by atoms with Crippen LogP contribution in [0, 0.1) is 0 Å². The van der Waals surface area contributed by atoms with E-state index in [0.29, 0.717) is 16.5 Å². The number of thioether (sulfide) groups is 1. The van der Waals surface area contributed by atoms with Gasteiger partial charge in [0.25, 0.3) is 0 Å². The summed E-state index contributed by atoms with van der Waals surface area (Å²) in [4.78, 5) is 0. The third-order valence-electron chi connectivity index (χ3n) is 1.25. The van der Waals surface area contributed by atoms with Crippen LogP contribution in [-0.4, -0.2) is 19.0 Å². The van der Waals surface area contributed by atoms with Crippen LogP contribution in [0.2, 0.25) is 0 Å². The van der Waals surface area contributed by atoms with Gasteiger partial charge in [-0.15, -0.1) is 18.3 Å². The molecule has 0 aliphatic heterocycles. The van der Waals surface area contributed by atoms with Gasteiger partial charge in [-0.3, -0.25) is 4.57 Å². The summed E-state index contributed by atoms with van der Waals surface area (Å²) in [6, 6.07) is 0. The zero-order chi connectivity index (χ0) is 11.7. The van der Waals surface area contributed by atoms with Crippen LogP contribution in [0.25, 0.3) is 0 Å². The molecule has 0 aliphatic carbocycles. The molecule has 88 valence electrons. The van der Waals surface area contributed by atoms with Crippen molar-refractivity contribution in [3.8, 4) is 0 Å². The molecule has 0 bridgehead atoms. The van der Waals surface area contributed by atoms with Crippen LogP contribution >= 0.6 is 41.9 Å². The van der Waals surface area contributed by atoms with Crippen LogP contribution in [-0.2, 0) is 13.6 Å². The lowest BCUT2D eigenvalue weighted by Gasteiger charge is -2.15. The predicted octanol–water partition coefficient (Wildman–Crippen LogP) is 4.41. The normalized spacial score (nSPS) is 12.9. The highest BCUT2D eigenvalue weighted by atomic mass is 127. The largest absolute Gasteiger partial charge is 0.367 e. The molecule has 0 aromatic heterocycles. The molecule has 0 saturated heterocycles. The molecule has 0 fully saturated rings. The summed E-state index contributed by atoms with van der Waals surface area (Å²) < 4.78 is 23.1. The van der Waals surface area contributed by atoms with Crippen molar-refractivity contribution in [3.05, 3.63) is 21.4 Å². The highest BCUT2D eigenvalue weighted by Crippen LogP contribution is 2.59. The van der Waals surface area contributed by atoms with Crippen molar-refractivity contribution in [1.29, 1.82) is 0 Å². The summed E-state index contributed by atoms with van der Waals surface area (Å²) in [6.07, 6.45) is 1.79. The molecular formula is C9H16IO3PS. The molecule has 3 nitrogen and oxygen atoms in total. The van der Waals surface area contributed by atoms with Crippen LogP contribution in [0.15, 0.2) is 21.4 Å². The number of rotatable bonds is 8. The van der Waals surface area contributed by atoms with Crippen molar-refractivity contribution in [1.82, 2.24) is 0 Å². The van der Waals surface area contributed by atoms with Gasteiger partial charge >= 0.3 is 7.60 Å². The zero-order valence-corrected chi connectivity index (χ0v) is 12.8. The molecule has 0 heterocycles. The molecule has 0 rings (SSSR count). The Kier molecular flexibility index (Phi) is 9.23. The minimum absolute atomic E-state index is 0.379. The van der Waals surface area contributed by atoms with E-state index >= 15 is 0 Å². The first-order chi connectivity index (χ1) is 7.10. The Balaban J connectivity index is 4.52. The van der Waals surface area contributed by atoms with Gasteiger partial charge in [-0.05, 0) is 41.8 Å². The molecule has 15 heavy (non-hydrogen) atoms. The highest BCUT2D eigenvalue weighted by Gasteiger charge is 2.27. The van der Waals surface area contributed by atoms with Gasteiger partial charge in [-0.1, -0.05) is 6.08 Å². The Hall–Kier alpha value is 0.710. The summed E-state index contributed by atoms with van der Waals surface area (Å²) in [6.45, 7) is 7.96. The number of hydrogen-bond donors (Lipinski definition) is 0. The Labute approximate surface area is 109 Å². The quantitative estimate of drug-likeness (QED) is 0.277. The average Bonchev–Trinajstić information content (AvgIpc) is 2.18. The van der Waals surface area contributed by atoms with E-state index in [1.807, 2.05) is 22.6 Å². The molecule has 0 aliphatic rings. The summed E-state index contributed by atoms with van der Waals surface area (Å²) in [7, 11) is -3.06. The Bertz CT molecular complexity index is 258. The average molecular weight is 362 g/mol. The van der Waals surface area contributed by atoms with Crippen LogP contribution in [0.3, 0.4) is 0 Å². The van der Waals surface area contributed by atoms with Gasteiger partial charge in [0.05, 0.1) is 13.2 Å². The third-order valence-corrected chi connectivity index (χ3v) is 6.61. The maximum Gasteiger partial charge on any atom is 0.367 e. The van der Waals surface area contributed by atoms with Gasteiger partial charge in [0, 0.05) is 5.75 Å². The van der Waals surface area contributed by atoms with Crippen molar-refractivity contribution < 1.29 is 13.6 Å². The topological polar surface area (TPSA) is 35.5 Å². The maximum absolute atomic E-state index is 12.1. The fourth-order valence-corrected chi connectivity index (χ4v) is 4.24. The lowest BCUT2D eigenvalue weighted by Crippen LogP contribution is -1.95. The second-order valence-electron chi connectivity index (χ2n) is 2.40. The van der Waals surface area contributed by atoms with Crippen LogP contribution in [0.1, 0.15) is 13.8 Å². The standard InChI is InChI=1S/C9H16IO3PS/c1-4-7-15-8-9(10)14(11,12-5-2)13-6-3/h4,8H,1,5-7H2,2-3H3/b9-8+. The minimum Gasteiger partial charge on any atom is -0.305 e.